The van der Waals surface area contributed by atoms with Crippen LogP contribution in [0.5, 0.6) is 11.5 Å². The van der Waals surface area contributed by atoms with Crippen LogP contribution in [0.4, 0.5) is 0 Å². The Kier molecular flexibility index (Phi) is 5.63. The van der Waals surface area contributed by atoms with Gasteiger partial charge in [-0.25, -0.2) is 0 Å². The predicted octanol–water partition coefficient (Wildman–Crippen LogP) is 2.02. The van der Waals surface area contributed by atoms with Crippen LogP contribution in [0, 0.1) is 0 Å². The molecule has 0 spiro atoms. The number of amides is 1. The first-order valence-electron chi connectivity index (χ1n) is 5.73. The third-order valence-electron chi connectivity index (χ3n) is 2.63. The van der Waals surface area contributed by atoms with E-state index in [1.807, 2.05) is 6.92 Å². The largest absolute Gasteiger partial charge is 0.493 e. The molecule has 0 aliphatic carbocycles. The van der Waals surface area contributed by atoms with Crippen LogP contribution < -0.4 is 9.47 Å². The zero-order valence-corrected chi connectivity index (χ0v) is 11.9. The molecular formula is C13H16ClNO4. The number of halogens is 1. The summed E-state index contributed by atoms with van der Waals surface area (Å²) in [6.45, 7) is 2.32. The van der Waals surface area contributed by atoms with Crippen molar-refractivity contribution in [2.24, 2.45) is 0 Å². The highest BCUT2D eigenvalue weighted by Gasteiger charge is 2.14. The van der Waals surface area contributed by atoms with Crippen molar-refractivity contribution in [3.8, 4) is 11.5 Å². The maximum Gasteiger partial charge on any atom is 0.260 e. The molecule has 0 atom stereocenters. The number of nitrogens with zero attached hydrogens (tertiary/aromatic N) is 1. The maximum atomic E-state index is 11.6. The van der Waals surface area contributed by atoms with Gasteiger partial charge in [0.2, 0.25) is 0 Å². The Morgan fingerprint density at radius 2 is 2.16 bits per heavy atom. The van der Waals surface area contributed by atoms with Gasteiger partial charge in [0.05, 0.1) is 12.1 Å². The average molecular weight is 286 g/mol. The van der Waals surface area contributed by atoms with E-state index >= 15 is 0 Å². The molecule has 0 bridgehead atoms. The van der Waals surface area contributed by atoms with Gasteiger partial charge in [0.15, 0.2) is 18.1 Å². The summed E-state index contributed by atoms with van der Waals surface area (Å²) in [4.78, 5) is 23.9. The highest BCUT2D eigenvalue weighted by molar-refractivity contribution is 6.32. The van der Waals surface area contributed by atoms with Crippen LogP contribution in [0.25, 0.3) is 0 Å². The molecule has 0 aromatic heterocycles. The molecule has 1 aromatic carbocycles. The number of aldehydes is 1. The Labute approximate surface area is 117 Å². The van der Waals surface area contributed by atoms with E-state index in [2.05, 4.69) is 0 Å². The number of ether oxygens (including phenoxy) is 2. The van der Waals surface area contributed by atoms with E-state index in [0.717, 1.165) is 0 Å². The molecule has 0 fully saturated rings. The summed E-state index contributed by atoms with van der Waals surface area (Å²) in [5.74, 6) is 0.411. The van der Waals surface area contributed by atoms with Crippen molar-refractivity contribution in [3.05, 3.63) is 22.7 Å². The van der Waals surface area contributed by atoms with Gasteiger partial charge in [0, 0.05) is 19.2 Å². The number of benzene rings is 1. The second kappa shape index (κ2) is 6.99. The van der Waals surface area contributed by atoms with Crippen molar-refractivity contribution < 1.29 is 19.1 Å². The minimum Gasteiger partial charge on any atom is -0.493 e. The van der Waals surface area contributed by atoms with Gasteiger partial charge in [-0.3, -0.25) is 9.59 Å². The summed E-state index contributed by atoms with van der Waals surface area (Å²) in [6, 6.07) is 2.96. The smallest absolute Gasteiger partial charge is 0.260 e. The predicted molar refractivity (Wildman–Crippen MR) is 72.2 cm³/mol. The summed E-state index contributed by atoms with van der Waals surface area (Å²) >= 11 is 6.00. The van der Waals surface area contributed by atoms with E-state index in [1.54, 1.807) is 7.05 Å². The standard InChI is InChI=1S/C13H16ClNO4/c1-4-15(2)12(17)8-19-13-10(14)5-9(7-16)6-11(13)18-3/h5-7H,4,8H2,1-3H3. The normalized spacial score (nSPS) is 9.89. The number of carbonyl (C=O) groups is 2. The van der Waals surface area contributed by atoms with Crippen LogP contribution in [-0.2, 0) is 4.79 Å². The van der Waals surface area contributed by atoms with Gasteiger partial charge in [-0.1, -0.05) is 11.6 Å². The van der Waals surface area contributed by atoms with E-state index in [1.165, 1.54) is 24.1 Å². The lowest BCUT2D eigenvalue weighted by Crippen LogP contribution is -2.31. The molecule has 0 N–H and O–H groups in total. The molecule has 0 heterocycles. The first kappa shape index (κ1) is 15.3. The molecule has 1 aromatic rings. The first-order valence-corrected chi connectivity index (χ1v) is 6.10. The van der Waals surface area contributed by atoms with Crippen LogP contribution in [0.1, 0.15) is 17.3 Å². The number of likely N-dealkylation sites (N-methyl/N-ethyl adjacent to an activating group) is 1. The minimum absolute atomic E-state index is 0.138. The zero-order chi connectivity index (χ0) is 14.4. The highest BCUT2D eigenvalue weighted by atomic mass is 35.5. The SMILES string of the molecule is CCN(C)C(=O)COc1c(Cl)cc(C=O)cc1OC. The average Bonchev–Trinajstić information content (AvgIpc) is 2.43. The molecular weight excluding hydrogens is 270 g/mol. The van der Waals surface area contributed by atoms with Gasteiger partial charge >= 0.3 is 0 Å². The van der Waals surface area contributed by atoms with Gasteiger partial charge in [-0.2, -0.15) is 0 Å². The fourth-order valence-electron chi connectivity index (χ4n) is 1.37. The summed E-state index contributed by atoms with van der Waals surface area (Å²) in [6.07, 6.45) is 0.661. The second-order valence-corrected chi connectivity index (χ2v) is 4.26. The molecule has 0 saturated carbocycles. The number of methoxy groups -OCH3 is 1. The molecule has 0 radical (unpaired) electrons. The molecule has 6 heteroatoms. The van der Waals surface area contributed by atoms with Crippen molar-refractivity contribution in [1.82, 2.24) is 4.90 Å². The maximum absolute atomic E-state index is 11.6. The molecule has 0 aliphatic heterocycles. The van der Waals surface area contributed by atoms with Gasteiger partial charge in [0.1, 0.15) is 6.29 Å². The lowest BCUT2D eigenvalue weighted by Gasteiger charge is -2.16. The van der Waals surface area contributed by atoms with E-state index in [4.69, 9.17) is 21.1 Å². The van der Waals surface area contributed by atoms with Crippen LogP contribution in [0.15, 0.2) is 12.1 Å². The van der Waals surface area contributed by atoms with Crippen molar-refractivity contribution in [2.45, 2.75) is 6.92 Å². The quantitative estimate of drug-likeness (QED) is 0.750. The molecule has 19 heavy (non-hydrogen) atoms. The molecule has 0 saturated heterocycles. The van der Waals surface area contributed by atoms with Crippen LogP contribution in [0.2, 0.25) is 5.02 Å². The van der Waals surface area contributed by atoms with E-state index in [-0.39, 0.29) is 23.3 Å². The van der Waals surface area contributed by atoms with Crippen molar-refractivity contribution >= 4 is 23.8 Å². The van der Waals surface area contributed by atoms with Gasteiger partial charge in [-0.05, 0) is 19.1 Å². The fourth-order valence-corrected chi connectivity index (χ4v) is 1.64. The first-order chi connectivity index (χ1) is 9.03. The van der Waals surface area contributed by atoms with Crippen LogP contribution >= 0.6 is 11.6 Å². The molecule has 104 valence electrons. The Morgan fingerprint density at radius 1 is 1.47 bits per heavy atom. The zero-order valence-electron chi connectivity index (χ0n) is 11.1. The fraction of sp³-hybridized carbons (Fsp3) is 0.385. The summed E-state index contributed by atoms with van der Waals surface area (Å²) in [7, 11) is 3.12. The van der Waals surface area contributed by atoms with Crippen molar-refractivity contribution in [1.29, 1.82) is 0 Å². The van der Waals surface area contributed by atoms with Gasteiger partial charge < -0.3 is 14.4 Å². The third kappa shape index (κ3) is 3.86. The topological polar surface area (TPSA) is 55.8 Å². The Bertz CT molecular complexity index is 476. The summed E-state index contributed by atoms with van der Waals surface area (Å²) in [5.41, 5.74) is 0.381. The molecule has 5 nitrogen and oxygen atoms in total. The van der Waals surface area contributed by atoms with Crippen molar-refractivity contribution in [2.75, 3.05) is 27.3 Å². The number of rotatable bonds is 6. The Morgan fingerprint density at radius 3 is 2.68 bits per heavy atom. The summed E-state index contributed by atoms with van der Waals surface area (Å²) < 4.78 is 10.5. The molecule has 1 rings (SSSR count). The minimum atomic E-state index is -0.167. The van der Waals surface area contributed by atoms with Gasteiger partial charge in [0.25, 0.3) is 5.91 Å². The number of hydrogen-bond donors (Lipinski definition) is 0. The lowest BCUT2D eigenvalue weighted by atomic mass is 10.2. The Balaban J connectivity index is 2.89. The van der Waals surface area contributed by atoms with Crippen LogP contribution in [-0.4, -0.2) is 44.4 Å². The lowest BCUT2D eigenvalue weighted by molar-refractivity contribution is -0.131. The molecule has 0 unspecified atom stereocenters. The highest BCUT2D eigenvalue weighted by Crippen LogP contribution is 2.35. The van der Waals surface area contributed by atoms with E-state index < -0.39 is 0 Å². The summed E-state index contributed by atoms with van der Waals surface area (Å²) in [5, 5.41) is 0.230. The second-order valence-electron chi connectivity index (χ2n) is 3.85. The molecule has 0 aliphatic rings. The van der Waals surface area contributed by atoms with Crippen LogP contribution in [0.3, 0.4) is 0 Å². The van der Waals surface area contributed by atoms with Crippen molar-refractivity contribution in [3.63, 3.8) is 0 Å². The van der Waals surface area contributed by atoms with E-state index in [9.17, 15) is 9.59 Å². The number of carbonyl (C=O) groups excluding carboxylic acids is 2. The van der Waals surface area contributed by atoms with E-state index in [0.29, 0.717) is 24.1 Å². The molecule has 1 amide bonds. The van der Waals surface area contributed by atoms with Gasteiger partial charge in [-0.15, -0.1) is 0 Å². The monoisotopic (exact) mass is 285 g/mol. The number of hydrogen-bond acceptors (Lipinski definition) is 4. The third-order valence-corrected chi connectivity index (χ3v) is 2.91. The Hall–Kier alpha value is -1.75.